The summed E-state index contributed by atoms with van der Waals surface area (Å²) in [5.74, 6) is -1.33. The number of hydrogen-bond acceptors (Lipinski definition) is 3. The molecule has 1 aliphatic heterocycles. The highest BCUT2D eigenvalue weighted by atomic mass is 19.1. The summed E-state index contributed by atoms with van der Waals surface area (Å²) in [6, 6.07) is 12.4. The summed E-state index contributed by atoms with van der Waals surface area (Å²) in [4.78, 5) is 25.9. The first-order valence-electron chi connectivity index (χ1n) is 8.16. The monoisotopic (exact) mass is 342 g/mol. The predicted molar refractivity (Wildman–Crippen MR) is 91.7 cm³/mol. The third-order valence-corrected chi connectivity index (χ3v) is 4.27. The van der Waals surface area contributed by atoms with Crippen molar-refractivity contribution in [2.24, 2.45) is 0 Å². The first-order valence-corrected chi connectivity index (χ1v) is 8.16. The van der Waals surface area contributed by atoms with E-state index in [4.69, 9.17) is 0 Å². The molecule has 1 atom stereocenters. The van der Waals surface area contributed by atoms with Gasteiger partial charge >= 0.3 is 0 Å². The summed E-state index contributed by atoms with van der Waals surface area (Å²) in [5.41, 5.74) is 1.09. The molecular weight excluding hydrogens is 323 g/mol. The second-order valence-electron chi connectivity index (χ2n) is 5.93. The maximum Gasteiger partial charge on any atom is 0.254 e. The van der Waals surface area contributed by atoms with Crippen LogP contribution in [0.1, 0.15) is 34.8 Å². The molecular formula is C19H19FN2O3. The molecule has 2 N–H and O–H groups in total. The topological polar surface area (TPSA) is 69.6 Å². The Balaban J connectivity index is 1.82. The van der Waals surface area contributed by atoms with E-state index in [1.54, 1.807) is 29.2 Å². The van der Waals surface area contributed by atoms with Crippen LogP contribution in [0.2, 0.25) is 0 Å². The number of hydrogen-bond donors (Lipinski definition) is 2. The zero-order chi connectivity index (χ0) is 17.8. The molecule has 0 spiro atoms. The van der Waals surface area contributed by atoms with Gasteiger partial charge in [0.2, 0.25) is 5.91 Å². The van der Waals surface area contributed by atoms with E-state index in [0.29, 0.717) is 18.7 Å². The van der Waals surface area contributed by atoms with Crippen LogP contribution >= 0.6 is 0 Å². The molecule has 0 radical (unpaired) electrons. The van der Waals surface area contributed by atoms with Crippen molar-refractivity contribution in [3.63, 3.8) is 0 Å². The minimum Gasteiger partial charge on any atom is -0.394 e. The number of aliphatic hydroxyl groups is 1. The number of nitrogens with one attached hydrogen (secondary N) is 1. The summed E-state index contributed by atoms with van der Waals surface area (Å²) in [5, 5.41) is 12.2. The van der Waals surface area contributed by atoms with Crippen molar-refractivity contribution in [3.05, 3.63) is 65.5 Å². The molecule has 0 saturated carbocycles. The van der Waals surface area contributed by atoms with Crippen LogP contribution in [0.25, 0.3) is 0 Å². The van der Waals surface area contributed by atoms with Crippen molar-refractivity contribution < 1.29 is 19.1 Å². The van der Waals surface area contributed by atoms with Gasteiger partial charge < -0.3 is 15.3 Å². The number of halogens is 1. The van der Waals surface area contributed by atoms with Gasteiger partial charge in [0, 0.05) is 18.7 Å². The van der Waals surface area contributed by atoms with E-state index < -0.39 is 17.8 Å². The highest BCUT2D eigenvalue weighted by Gasteiger charge is 2.24. The fraction of sp³-hybridized carbons (Fsp3) is 0.263. The van der Waals surface area contributed by atoms with Crippen LogP contribution in [0, 0.1) is 5.82 Å². The van der Waals surface area contributed by atoms with Crippen LogP contribution in [-0.4, -0.2) is 30.1 Å². The molecule has 1 aliphatic rings. The molecule has 1 saturated heterocycles. The number of benzene rings is 2. The highest BCUT2D eigenvalue weighted by molar-refractivity contribution is 5.99. The van der Waals surface area contributed by atoms with Crippen LogP contribution in [0.4, 0.5) is 10.1 Å². The minimum absolute atomic E-state index is 0.0320. The van der Waals surface area contributed by atoms with Crippen molar-refractivity contribution in [1.29, 1.82) is 0 Å². The largest absolute Gasteiger partial charge is 0.394 e. The Hall–Kier alpha value is -2.73. The van der Waals surface area contributed by atoms with Crippen LogP contribution in [0.3, 0.4) is 0 Å². The zero-order valence-electron chi connectivity index (χ0n) is 13.6. The van der Waals surface area contributed by atoms with Crippen LogP contribution in [-0.2, 0) is 4.79 Å². The van der Waals surface area contributed by atoms with E-state index in [-0.39, 0.29) is 18.1 Å². The van der Waals surface area contributed by atoms with Crippen molar-refractivity contribution in [2.45, 2.75) is 18.9 Å². The molecule has 2 amide bonds. The molecule has 0 aliphatic carbocycles. The molecule has 2 aromatic rings. The van der Waals surface area contributed by atoms with E-state index >= 15 is 0 Å². The number of nitrogens with zero attached hydrogens (tertiary/aromatic N) is 1. The Bertz CT molecular complexity index is 779. The van der Waals surface area contributed by atoms with Gasteiger partial charge in [0.1, 0.15) is 5.82 Å². The summed E-state index contributed by atoms with van der Waals surface area (Å²) in [6.45, 7) is 0.260. The normalized spacial score (nSPS) is 15.3. The maximum atomic E-state index is 14.1. The number of carbonyl (C=O) groups is 2. The predicted octanol–water partition coefficient (Wildman–Crippen LogP) is 2.42. The Morgan fingerprint density at radius 1 is 1.24 bits per heavy atom. The third kappa shape index (κ3) is 3.69. The number of anilines is 1. The van der Waals surface area contributed by atoms with Gasteiger partial charge in [-0.05, 0) is 30.2 Å². The summed E-state index contributed by atoms with van der Waals surface area (Å²) in [7, 11) is 0. The first-order chi connectivity index (χ1) is 12.1. The van der Waals surface area contributed by atoms with Gasteiger partial charge in [-0.3, -0.25) is 9.59 Å². The van der Waals surface area contributed by atoms with Gasteiger partial charge in [0.15, 0.2) is 0 Å². The molecule has 0 bridgehead atoms. The molecule has 3 rings (SSSR count). The summed E-state index contributed by atoms with van der Waals surface area (Å²) >= 11 is 0. The number of aliphatic hydroxyl groups excluding tert-OH is 1. The summed E-state index contributed by atoms with van der Waals surface area (Å²) in [6.07, 6.45) is 1.21. The smallest absolute Gasteiger partial charge is 0.254 e. The molecule has 2 aromatic carbocycles. The second-order valence-corrected chi connectivity index (χ2v) is 5.93. The lowest BCUT2D eigenvalue weighted by atomic mass is 10.1. The molecule has 0 aromatic heterocycles. The van der Waals surface area contributed by atoms with Crippen molar-refractivity contribution in [2.75, 3.05) is 18.1 Å². The highest BCUT2D eigenvalue weighted by Crippen LogP contribution is 2.24. The Morgan fingerprint density at radius 3 is 2.64 bits per heavy atom. The number of amides is 2. The van der Waals surface area contributed by atoms with E-state index in [9.17, 15) is 19.1 Å². The fourth-order valence-corrected chi connectivity index (χ4v) is 2.93. The number of rotatable bonds is 5. The lowest BCUT2D eigenvalue weighted by Crippen LogP contribution is -2.32. The van der Waals surface area contributed by atoms with Crippen LogP contribution in [0.5, 0.6) is 0 Å². The lowest BCUT2D eigenvalue weighted by molar-refractivity contribution is -0.117. The van der Waals surface area contributed by atoms with E-state index in [2.05, 4.69) is 5.32 Å². The molecule has 5 nitrogen and oxygen atoms in total. The lowest BCUT2D eigenvalue weighted by Gasteiger charge is -2.19. The van der Waals surface area contributed by atoms with Crippen molar-refractivity contribution in [1.82, 2.24) is 5.32 Å². The molecule has 1 unspecified atom stereocenters. The van der Waals surface area contributed by atoms with E-state index in [0.717, 1.165) is 12.0 Å². The number of carbonyl (C=O) groups excluding carboxylic acids is 2. The van der Waals surface area contributed by atoms with Gasteiger partial charge in [-0.25, -0.2) is 4.39 Å². The fourth-order valence-electron chi connectivity index (χ4n) is 2.93. The van der Waals surface area contributed by atoms with Gasteiger partial charge in [-0.2, -0.15) is 0 Å². The molecule has 6 heteroatoms. The maximum absolute atomic E-state index is 14.1. The average molecular weight is 342 g/mol. The quantitative estimate of drug-likeness (QED) is 0.877. The standard InChI is InChI=1S/C19H19FN2O3/c20-16-9-8-14(22-10-4-7-18(22)24)11-15(16)19(25)21-17(12-23)13-5-2-1-3-6-13/h1-3,5-6,8-9,11,17,23H,4,7,10,12H2,(H,21,25). The SMILES string of the molecule is O=C(NC(CO)c1ccccc1)c1cc(N2CCCC2=O)ccc1F. The van der Waals surface area contributed by atoms with Gasteiger partial charge in [-0.15, -0.1) is 0 Å². The Morgan fingerprint density at radius 2 is 2.00 bits per heavy atom. The van der Waals surface area contributed by atoms with E-state index in [1.165, 1.54) is 18.2 Å². The molecule has 1 heterocycles. The Kier molecular flexibility index (Phi) is 5.09. The van der Waals surface area contributed by atoms with Gasteiger partial charge in [-0.1, -0.05) is 30.3 Å². The molecule has 25 heavy (non-hydrogen) atoms. The van der Waals surface area contributed by atoms with Crippen molar-refractivity contribution >= 4 is 17.5 Å². The van der Waals surface area contributed by atoms with Gasteiger partial charge in [0.25, 0.3) is 5.91 Å². The first kappa shape index (κ1) is 17.1. The zero-order valence-corrected chi connectivity index (χ0v) is 13.6. The van der Waals surface area contributed by atoms with Crippen LogP contribution in [0.15, 0.2) is 48.5 Å². The summed E-state index contributed by atoms with van der Waals surface area (Å²) < 4.78 is 14.1. The average Bonchev–Trinajstić information content (AvgIpc) is 3.06. The van der Waals surface area contributed by atoms with Crippen LogP contribution < -0.4 is 10.2 Å². The minimum atomic E-state index is -0.669. The molecule has 1 fully saturated rings. The molecule has 130 valence electrons. The van der Waals surface area contributed by atoms with Crippen molar-refractivity contribution in [3.8, 4) is 0 Å². The third-order valence-electron chi connectivity index (χ3n) is 4.27. The van der Waals surface area contributed by atoms with E-state index in [1.807, 2.05) is 6.07 Å². The Labute approximate surface area is 145 Å². The van der Waals surface area contributed by atoms with Gasteiger partial charge in [0.05, 0.1) is 18.2 Å². The second kappa shape index (κ2) is 7.44.